The predicted molar refractivity (Wildman–Crippen MR) is 161 cm³/mol. The Hall–Kier alpha value is -3.76. The molecule has 0 aliphatic heterocycles. The SMILES string of the molecule is Brc1cccc(CCc2cccc3ccc4c(c23)CCC2=C4C=CCC2)c1.O=c1[nH]ncc2ccccc12. The summed E-state index contributed by atoms with van der Waals surface area (Å²) in [7, 11) is 0. The Morgan fingerprint density at radius 2 is 1.71 bits per heavy atom. The summed E-state index contributed by atoms with van der Waals surface area (Å²) in [5.74, 6) is 0. The van der Waals surface area contributed by atoms with E-state index in [0.29, 0.717) is 5.39 Å². The average Bonchev–Trinajstić information content (AvgIpc) is 2.96. The van der Waals surface area contributed by atoms with Gasteiger partial charge in [-0.15, -0.1) is 0 Å². The van der Waals surface area contributed by atoms with E-state index in [4.69, 9.17) is 0 Å². The zero-order chi connectivity index (χ0) is 25.9. The fourth-order valence-electron chi connectivity index (χ4n) is 5.79. The molecule has 3 nitrogen and oxygen atoms in total. The Balaban J connectivity index is 0.000000200. The van der Waals surface area contributed by atoms with E-state index in [2.05, 4.69) is 92.9 Å². The van der Waals surface area contributed by atoms with Crippen molar-refractivity contribution >= 4 is 43.0 Å². The molecule has 0 radical (unpaired) electrons. The molecule has 0 fully saturated rings. The number of H-pyrrole nitrogens is 1. The van der Waals surface area contributed by atoms with Crippen molar-refractivity contribution in [2.45, 2.75) is 38.5 Å². The summed E-state index contributed by atoms with van der Waals surface area (Å²) in [6.45, 7) is 0. The third-order valence-electron chi connectivity index (χ3n) is 7.63. The first-order valence-electron chi connectivity index (χ1n) is 13.3. The minimum Gasteiger partial charge on any atom is -0.267 e. The van der Waals surface area contributed by atoms with Crippen LogP contribution in [0.4, 0.5) is 0 Å². The van der Waals surface area contributed by atoms with Gasteiger partial charge in [0.15, 0.2) is 0 Å². The van der Waals surface area contributed by atoms with Crippen LogP contribution in [0.25, 0.3) is 27.1 Å². The van der Waals surface area contributed by atoms with Crippen LogP contribution in [-0.2, 0) is 19.3 Å². The highest BCUT2D eigenvalue weighted by Crippen LogP contribution is 2.40. The van der Waals surface area contributed by atoms with Gasteiger partial charge in [0.2, 0.25) is 0 Å². The van der Waals surface area contributed by atoms with Gasteiger partial charge in [-0.05, 0) is 95.3 Å². The number of rotatable bonds is 3. The van der Waals surface area contributed by atoms with Crippen LogP contribution in [0, 0.1) is 0 Å². The number of hydrogen-bond acceptors (Lipinski definition) is 2. The summed E-state index contributed by atoms with van der Waals surface area (Å²) in [6.07, 6.45) is 13.4. The Kier molecular flexibility index (Phi) is 7.06. The lowest BCUT2D eigenvalue weighted by atomic mass is 9.78. The number of aryl methyl sites for hydroxylation is 3. The summed E-state index contributed by atoms with van der Waals surface area (Å²) in [4.78, 5) is 11.1. The summed E-state index contributed by atoms with van der Waals surface area (Å²) >= 11 is 3.60. The van der Waals surface area contributed by atoms with E-state index in [1.165, 1.54) is 63.2 Å². The molecule has 188 valence electrons. The maximum absolute atomic E-state index is 11.1. The molecular formula is C34H29BrN2O. The second-order valence-electron chi connectivity index (χ2n) is 9.98. The highest BCUT2D eigenvalue weighted by atomic mass is 79.9. The normalized spacial score (nSPS) is 14.1. The van der Waals surface area contributed by atoms with E-state index in [1.54, 1.807) is 23.4 Å². The molecule has 0 atom stereocenters. The third kappa shape index (κ3) is 5.01. The van der Waals surface area contributed by atoms with Crippen LogP contribution in [0.1, 0.15) is 41.5 Å². The number of hydrogen-bond donors (Lipinski definition) is 1. The van der Waals surface area contributed by atoms with E-state index in [0.717, 1.165) is 18.2 Å². The molecule has 2 aliphatic rings. The van der Waals surface area contributed by atoms with Crippen molar-refractivity contribution in [2.24, 2.45) is 0 Å². The van der Waals surface area contributed by atoms with Gasteiger partial charge in [-0.25, -0.2) is 5.10 Å². The minimum atomic E-state index is -0.136. The molecule has 38 heavy (non-hydrogen) atoms. The molecule has 0 spiro atoms. The van der Waals surface area contributed by atoms with Crippen molar-refractivity contribution in [3.63, 3.8) is 0 Å². The third-order valence-corrected chi connectivity index (χ3v) is 8.13. The molecule has 0 unspecified atom stereocenters. The largest absolute Gasteiger partial charge is 0.272 e. The van der Waals surface area contributed by atoms with Crippen molar-refractivity contribution < 1.29 is 0 Å². The Labute approximate surface area is 231 Å². The number of aromatic nitrogens is 2. The maximum Gasteiger partial charge on any atom is 0.272 e. The molecule has 5 aromatic rings. The summed E-state index contributed by atoms with van der Waals surface area (Å²) < 4.78 is 1.17. The number of nitrogens with one attached hydrogen (secondary N) is 1. The molecule has 7 rings (SSSR count). The minimum absolute atomic E-state index is 0.136. The van der Waals surface area contributed by atoms with Crippen molar-refractivity contribution in [2.75, 3.05) is 0 Å². The van der Waals surface area contributed by atoms with E-state index in [9.17, 15) is 4.79 Å². The van der Waals surface area contributed by atoms with Gasteiger partial charge >= 0.3 is 0 Å². The summed E-state index contributed by atoms with van der Waals surface area (Å²) in [5.41, 5.74) is 8.97. The molecule has 1 aromatic heterocycles. The molecule has 4 aromatic carbocycles. The van der Waals surface area contributed by atoms with Gasteiger partial charge < -0.3 is 0 Å². The van der Waals surface area contributed by atoms with Crippen LogP contribution in [0.2, 0.25) is 0 Å². The van der Waals surface area contributed by atoms with Crippen LogP contribution in [0.3, 0.4) is 0 Å². The fourth-order valence-corrected chi connectivity index (χ4v) is 6.24. The number of nitrogens with zero attached hydrogens (tertiary/aromatic N) is 1. The van der Waals surface area contributed by atoms with Crippen LogP contribution >= 0.6 is 15.9 Å². The summed E-state index contributed by atoms with van der Waals surface area (Å²) in [6, 6.07) is 27.6. The molecule has 4 heteroatoms. The zero-order valence-electron chi connectivity index (χ0n) is 21.2. The quantitative estimate of drug-likeness (QED) is 0.241. The van der Waals surface area contributed by atoms with E-state index in [1.807, 2.05) is 18.2 Å². The van der Waals surface area contributed by atoms with E-state index >= 15 is 0 Å². The van der Waals surface area contributed by atoms with Gasteiger partial charge in [-0.1, -0.05) is 94.3 Å². The molecule has 0 bridgehead atoms. The van der Waals surface area contributed by atoms with Crippen LogP contribution in [-0.4, -0.2) is 10.2 Å². The first-order valence-corrected chi connectivity index (χ1v) is 14.1. The lowest BCUT2D eigenvalue weighted by molar-refractivity contribution is 0.830. The van der Waals surface area contributed by atoms with E-state index < -0.39 is 0 Å². The molecule has 0 saturated heterocycles. The fraction of sp³-hybridized carbons (Fsp3) is 0.176. The second-order valence-corrected chi connectivity index (χ2v) is 10.9. The monoisotopic (exact) mass is 560 g/mol. The Morgan fingerprint density at radius 1 is 0.842 bits per heavy atom. The summed E-state index contributed by atoms with van der Waals surface area (Å²) in [5, 5.41) is 10.5. The van der Waals surface area contributed by atoms with Crippen molar-refractivity contribution in [3.05, 3.63) is 140 Å². The Bertz CT molecular complexity index is 1760. The molecule has 1 heterocycles. The van der Waals surface area contributed by atoms with Crippen molar-refractivity contribution in [3.8, 4) is 0 Å². The topological polar surface area (TPSA) is 45.8 Å². The molecule has 0 saturated carbocycles. The van der Waals surface area contributed by atoms with Crippen molar-refractivity contribution in [1.82, 2.24) is 10.2 Å². The van der Waals surface area contributed by atoms with Crippen molar-refractivity contribution in [1.29, 1.82) is 0 Å². The van der Waals surface area contributed by atoms with Gasteiger partial charge in [0.05, 0.1) is 6.20 Å². The van der Waals surface area contributed by atoms with Crippen LogP contribution in [0.15, 0.2) is 112 Å². The van der Waals surface area contributed by atoms with E-state index in [-0.39, 0.29) is 5.56 Å². The second kappa shape index (κ2) is 10.9. The maximum atomic E-state index is 11.1. The van der Waals surface area contributed by atoms with Gasteiger partial charge in [-0.2, -0.15) is 5.10 Å². The molecule has 2 aliphatic carbocycles. The number of benzene rings is 4. The standard InChI is InChI=1S/C26H23Br.C8H6N2O/c27-22-9-3-5-18(17-22)11-12-20-7-4-8-21-14-15-24-23-10-2-1-6-19(23)13-16-25(24)26(20)21;11-8-7-4-2-1-3-6(7)5-9-10-8/h2-5,7-10,14-15,17H,1,6,11-13,16H2;1-5H,(H,10,11). The van der Waals surface area contributed by atoms with Gasteiger partial charge in [0.25, 0.3) is 5.56 Å². The molecule has 1 N–H and O–H groups in total. The van der Waals surface area contributed by atoms with Gasteiger partial charge in [0, 0.05) is 15.2 Å². The highest BCUT2D eigenvalue weighted by Gasteiger charge is 2.21. The average molecular weight is 562 g/mol. The Morgan fingerprint density at radius 3 is 2.61 bits per heavy atom. The lowest BCUT2D eigenvalue weighted by Crippen LogP contribution is -2.08. The molecular weight excluding hydrogens is 532 g/mol. The number of fused-ring (bicyclic) bond motifs is 5. The number of halogens is 1. The smallest absolute Gasteiger partial charge is 0.267 e. The first-order chi connectivity index (χ1) is 18.7. The van der Waals surface area contributed by atoms with Gasteiger partial charge in [0.1, 0.15) is 0 Å². The van der Waals surface area contributed by atoms with Gasteiger partial charge in [-0.3, -0.25) is 4.79 Å². The van der Waals surface area contributed by atoms with Crippen LogP contribution < -0.4 is 5.56 Å². The zero-order valence-corrected chi connectivity index (χ0v) is 22.8. The predicted octanol–water partition coefficient (Wildman–Crippen LogP) is 8.36. The highest BCUT2D eigenvalue weighted by molar-refractivity contribution is 9.10. The molecule has 0 amide bonds. The number of aromatic amines is 1. The first kappa shape index (κ1) is 24.6. The van der Waals surface area contributed by atoms with Crippen LogP contribution in [0.5, 0.6) is 0 Å². The lowest BCUT2D eigenvalue weighted by Gasteiger charge is -2.26. The number of allylic oxidation sites excluding steroid dienone is 4.